The fraction of sp³-hybridized carbons (Fsp3) is 0.611. The van der Waals surface area contributed by atoms with Crippen LogP contribution in [0.5, 0.6) is 5.75 Å². The Morgan fingerprint density at radius 3 is 2.58 bits per heavy atom. The smallest absolute Gasteiger partial charge is 0.225 e. The minimum Gasteiger partial charge on any atom is -0.494 e. The van der Waals surface area contributed by atoms with E-state index < -0.39 is 0 Å². The number of ether oxygens (including phenoxy) is 1. The standard InChI is InChI=1S/C18H26FN3O2/c1-24-17-3-2-14(12-16(17)19)13-21-8-10-22(11-9-21)18(23)15-4-6-20-7-5-15/h2-3,12,15,20H,4-11,13H2,1H3. The van der Waals surface area contributed by atoms with Crippen LogP contribution in [0, 0.1) is 11.7 Å². The Labute approximate surface area is 142 Å². The number of carbonyl (C=O) groups excluding carboxylic acids is 1. The predicted molar refractivity (Wildman–Crippen MR) is 90.4 cm³/mol. The first-order chi connectivity index (χ1) is 11.7. The lowest BCUT2D eigenvalue weighted by Crippen LogP contribution is -2.51. The number of piperidine rings is 1. The van der Waals surface area contributed by atoms with Crippen LogP contribution in [0.4, 0.5) is 4.39 Å². The Morgan fingerprint density at radius 1 is 1.25 bits per heavy atom. The Kier molecular flexibility index (Phi) is 5.68. The van der Waals surface area contributed by atoms with Gasteiger partial charge in [-0.15, -0.1) is 0 Å². The van der Waals surface area contributed by atoms with Gasteiger partial charge < -0.3 is 15.0 Å². The van der Waals surface area contributed by atoms with Crippen LogP contribution in [0.3, 0.4) is 0 Å². The van der Waals surface area contributed by atoms with Gasteiger partial charge in [-0.2, -0.15) is 0 Å². The number of amides is 1. The van der Waals surface area contributed by atoms with Gasteiger partial charge in [-0.25, -0.2) is 4.39 Å². The van der Waals surface area contributed by atoms with Crippen molar-refractivity contribution in [2.24, 2.45) is 5.92 Å². The highest BCUT2D eigenvalue weighted by Crippen LogP contribution is 2.20. The van der Waals surface area contributed by atoms with Gasteiger partial charge in [0.25, 0.3) is 0 Å². The molecule has 0 saturated carbocycles. The summed E-state index contributed by atoms with van der Waals surface area (Å²) in [4.78, 5) is 16.8. The highest BCUT2D eigenvalue weighted by Gasteiger charge is 2.28. The van der Waals surface area contributed by atoms with Crippen LogP contribution in [-0.4, -0.2) is 62.1 Å². The maximum atomic E-state index is 13.8. The molecule has 2 aliphatic heterocycles. The molecule has 2 saturated heterocycles. The van der Waals surface area contributed by atoms with Gasteiger partial charge in [-0.1, -0.05) is 6.07 Å². The molecule has 3 rings (SSSR count). The summed E-state index contributed by atoms with van der Waals surface area (Å²) in [6, 6.07) is 5.10. The zero-order valence-electron chi connectivity index (χ0n) is 14.3. The number of hydrogen-bond donors (Lipinski definition) is 1. The molecule has 1 amide bonds. The van der Waals surface area contributed by atoms with Crippen LogP contribution in [0.25, 0.3) is 0 Å². The average molecular weight is 335 g/mol. The van der Waals surface area contributed by atoms with Crippen LogP contribution in [0.1, 0.15) is 18.4 Å². The lowest BCUT2D eigenvalue weighted by molar-refractivity contribution is -0.138. The van der Waals surface area contributed by atoms with E-state index in [0.717, 1.165) is 57.7 Å². The number of benzene rings is 1. The van der Waals surface area contributed by atoms with Gasteiger partial charge in [0.15, 0.2) is 11.6 Å². The molecule has 0 aliphatic carbocycles. The molecule has 2 aliphatic rings. The van der Waals surface area contributed by atoms with Crippen molar-refractivity contribution in [1.29, 1.82) is 0 Å². The van der Waals surface area contributed by atoms with Crippen molar-refractivity contribution in [2.45, 2.75) is 19.4 Å². The van der Waals surface area contributed by atoms with Crippen molar-refractivity contribution in [3.63, 3.8) is 0 Å². The first-order valence-corrected chi connectivity index (χ1v) is 8.71. The largest absolute Gasteiger partial charge is 0.494 e. The maximum absolute atomic E-state index is 13.8. The van der Waals surface area contributed by atoms with Gasteiger partial charge in [0.05, 0.1) is 7.11 Å². The summed E-state index contributed by atoms with van der Waals surface area (Å²) in [7, 11) is 1.47. The number of methoxy groups -OCH3 is 1. The molecule has 0 atom stereocenters. The molecule has 2 fully saturated rings. The third kappa shape index (κ3) is 4.05. The van der Waals surface area contributed by atoms with E-state index in [0.29, 0.717) is 12.5 Å². The second-order valence-corrected chi connectivity index (χ2v) is 6.59. The van der Waals surface area contributed by atoms with E-state index in [4.69, 9.17) is 4.74 Å². The molecule has 6 heteroatoms. The van der Waals surface area contributed by atoms with Crippen molar-refractivity contribution in [3.8, 4) is 5.75 Å². The van der Waals surface area contributed by atoms with E-state index in [1.54, 1.807) is 6.07 Å². The fourth-order valence-corrected chi connectivity index (χ4v) is 3.52. The molecule has 0 bridgehead atoms. The quantitative estimate of drug-likeness (QED) is 0.905. The summed E-state index contributed by atoms with van der Waals surface area (Å²) in [5.41, 5.74) is 0.937. The summed E-state index contributed by atoms with van der Waals surface area (Å²) < 4.78 is 18.7. The lowest BCUT2D eigenvalue weighted by Gasteiger charge is -2.37. The van der Waals surface area contributed by atoms with Crippen molar-refractivity contribution in [3.05, 3.63) is 29.6 Å². The van der Waals surface area contributed by atoms with Crippen molar-refractivity contribution >= 4 is 5.91 Å². The van der Waals surface area contributed by atoms with Crippen LogP contribution < -0.4 is 10.1 Å². The molecule has 0 radical (unpaired) electrons. The highest BCUT2D eigenvalue weighted by atomic mass is 19.1. The SMILES string of the molecule is COc1ccc(CN2CCN(C(=O)C3CCNCC3)CC2)cc1F. The first-order valence-electron chi connectivity index (χ1n) is 8.71. The second kappa shape index (κ2) is 7.94. The van der Waals surface area contributed by atoms with E-state index in [2.05, 4.69) is 10.2 Å². The van der Waals surface area contributed by atoms with Gasteiger partial charge in [-0.05, 0) is 43.6 Å². The number of nitrogens with one attached hydrogen (secondary N) is 1. The second-order valence-electron chi connectivity index (χ2n) is 6.59. The molecule has 0 aromatic heterocycles. The molecule has 5 nitrogen and oxygen atoms in total. The van der Waals surface area contributed by atoms with Crippen LogP contribution in [0.15, 0.2) is 18.2 Å². The topological polar surface area (TPSA) is 44.8 Å². The van der Waals surface area contributed by atoms with E-state index >= 15 is 0 Å². The van der Waals surface area contributed by atoms with Crippen LogP contribution >= 0.6 is 0 Å². The molecule has 0 unspecified atom stereocenters. The molecule has 1 aromatic carbocycles. The van der Waals surface area contributed by atoms with E-state index in [9.17, 15) is 9.18 Å². The third-order valence-corrected chi connectivity index (χ3v) is 4.99. The Balaban J connectivity index is 1.49. The Bertz CT molecular complexity index is 567. The molecule has 24 heavy (non-hydrogen) atoms. The van der Waals surface area contributed by atoms with E-state index in [1.165, 1.54) is 13.2 Å². The predicted octanol–water partition coefficient (Wildman–Crippen LogP) is 1.48. The Hall–Kier alpha value is -1.66. The van der Waals surface area contributed by atoms with Gasteiger partial charge >= 0.3 is 0 Å². The molecule has 2 heterocycles. The number of hydrogen-bond acceptors (Lipinski definition) is 4. The van der Waals surface area contributed by atoms with E-state index in [1.807, 2.05) is 11.0 Å². The number of piperazine rings is 1. The monoisotopic (exact) mass is 335 g/mol. The van der Waals surface area contributed by atoms with Crippen LogP contribution in [0.2, 0.25) is 0 Å². The van der Waals surface area contributed by atoms with Crippen LogP contribution in [-0.2, 0) is 11.3 Å². The highest BCUT2D eigenvalue weighted by molar-refractivity contribution is 5.79. The fourth-order valence-electron chi connectivity index (χ4n) is 3.52. The van der Waals surface area contributed by atoms with Crippen molar-refractivity contribution < 1.29 is 13.9 Å². The molecular formula is C18H26FN3O2. The number of rotatable bonds is 4. The normalized spacial score (nSPS) is 20.2. The maximum Gasteiger partial charge on any atom is 0.225 e. The Morgan fingerprint density at radius 2 is 1.96 bits per heavy atom. The molecule has 132 valence electrons. The lowest BCUT2D eigenvalue weighted by atomic mass is 9.96. The summed E-state index contributed by atoms with van der Waals surface area (Å²) in [5.74, 6) is 0.450. The minimum absolute atomic E-state index is 0.188. The van der Waals surface area contributed by atoms with Gasteiger partial charge in [-0.3, -0.25) is 9.69 Å². The zero-order chi connectivity index (χ0) is 16.9. The summed E-state index contributed by atoms with van der Waals surface area (Å²) in [5, 5.41) is 3.30. The number of halogens is 1. The van der Waals surface area contributed by atoms with Gasteiger partial charge in [0, 0.05) is 38.6 Å². The molecular weight excluding hydrogens is 309 g/mol. The van der Waals surface area contributed by atoms with Gasteiger partial charge in [0.1, 0.15) is 0 Å². The third-order valence-electron chi connectivity index (χ3n) is 4.99. The van der Waals surface area contributed by atoms with Crippen molar-refractivity contribution in [1.82, 2.24) is 15.1 Å². The van der Waals surface area contributed by atoms with E-state index in [-0.39, 0.29) is 17.5 Å². The number of carbonyl (C=O) groups is 1. The van der Waals surface area contributed by atoms with Gasteiger partial charge in [0.2, 0.25) is 5.91 Å². The molecule has 1 N–H and O–H groups in total. The zero-order valence-corrected chi connectivity index (χ0v) is 14.3. The first kappa shape index (κ1) is 17.2. The average Bonchev–Trinajstić information content (AvgIpc) is 2.63. The minimum atomic E-state index is -0.324. The van der Waals surface area contributed by atoms with Crippen molar-refractivity contribution in [2.75, 3.05) is 46.4 Å². The summed E-state index contributed by atoms with van der Waals surface area (Å²) in [6.45, 7) is 5.80. The molecule has 0 spiro atoms. The molecule has 1 aromatic rings. The number of nitrogens with zero attached hydrogens (tertiary/aromatic N) is 2. The summed E-state index contributed by atoms with van der Waals surface area (Å²) in [6.07, 6.45) is 1.90. The summed E-state index contributed by atoms with van der Waals surface area (Å²) >= 11 is 0.